The molecule has 102 valence electrons. The van der Waals surface area contributed by atoms with Crippen molar-refractivity contribution in [2.75, 3.05) is 27.4 Å². The van der Waals surface area contributed by atoms with Gasteiger partial charge < -0.3 is 19.7 Å². The van der Waals surface area contributed by atoms with Gasteiger partial charge in [-0.2, -0.15) is 4.79 Å². The number of carbonyl (C=O) groups is 2. The van der Waals surface area contributed by atoms with Crippen molar-refractivity contribution in [1.82, 2.24) is 0 Å². The Morgan fingerprint density at radius 3 is 2.22 bits per heavy atom. The van der Waals surface area contributed by atoms with E-state index in [1.807, 2.05) is 6.92 Å². The van der Waals surface area contributed by atoms with Crippen LogP contribution in [-0.4, -0.2) is 55.8 Å². The SMILES string of the molecule is CCC(COC)(COC)OC(=O)CC(=O)C=[N+]=[N-]. The molecule has 0 fully saturated rings. The van der Waals surface area contributed by atoms with Crippen molar-refractivity contribution in [1.29, 1.82) is 0 Å². The number of methoxy groups -OCH3 is 2. The fourth-order valence-electron chi connectivity index (χ4n) is 1.43. The third-order valence-corrected chi connectivity index (χ3v) is 2.31. The van der Waals surface area contributed by atoms with Crippen LogP contribution in [0.1, 0.15) is 19.8 Å². The van der Waals surface area contributed by atoms with Gasteiger partial charge in [0.1, 0.15) is 6.42 Å². The van der Waals surface area contributed by atoms with E-state index in [1.54, 1.807) is 0 Å². The van der Waals surface area contributed by atoms with Gasteiger partial charge in [-0.25, -0.2) is 0 Å². The van der Waals surface area contributed by atoms with Crippen molar-refractivity contribution in [3.05, 3.63) is 5.53 Å². The molecule has 0 atom stereocenters. The molecule has 0 bridgehead atoms. The van der Waals surface area contributed by atoms with Crippen LogP contribution in [0.2, 0.25) is 0 Å². The smallest absolute Gasteiger partial charge is 0.323 e. The molecule has 0 aliphatic heterocycles. The lowest BCUT2D eigenvalue weighted by Crippen LogP contribution is -2.43. The van der Waals surface area contributed by atoms with Crippen LogP contribution in [0.15, 0.2) is 0 Å². The molecular weight excluding hydrogens is 240 g/mol. The van der Waals surface area contributed by atoms with Gasteiger partial charge in [-0.15, -0.1) is 0 Å². The Labute approximate surface area is 106 Å². The Balaban J connectivity index is 4.60. The Morgan fingerprint density at radius 1 is 1.28 bits per heavy atom. The summed E-state index contributed by atoms with van der Waals surface area (Å²) in [5.41, 5.74) is 7.25. The summed E-state index contributed by atoms with van der Waals surface area (Å²) in [7, 11) is 2.97. The van der Waals surface area contributed by atoms with Crippen LogP contribution in [0.4, 0.5) is 0 Å². The molecule has 0 N–H and O–H groups in total. The molecule has 0 aromatic rings. The van der Waals surface area contributed by atoms with Gasteiger partial charge in [0.25, 0.3) is 0 Å². The average molecular weight is 258 g/mol. The predicted octanol–water partition coefficient (Wildman–Crippen LogP) is 0.231. The molecule has 0 saturated heterocycles. The first-order valence-electron chi connectivity index (χ1n) is 5.43. The zero-order valence-electron chi connectivity index (χ0n) is 10.8. The first-order valence-corrected chi connectivity index (χ1v) is 5.43. The van der Waals surface area contributed by atoms with Crippen molar-refractivity contribution in [3.8, 4) is 0 Å². The number of ether oxygens (including phenoxy) is 3. The van der Waals surface area contributed by atoms with Crippen LogP contribution in [0.5, 0.6) is 0 Å². The zero-order chi connectivity index (χ0) is 14.0. The lowest BCUT2D eigenvalue weighted by molar-refractivity contribution is -0.174. The highest BCUT2D eigenvalue weighted by Crippen LogP contribution is 2.18. The summed E-state index contributed by atoms with van der Waals surface area (Å²) < 4.78 is 15.2. The van der Waals surface area contributed by atoms with Crippen molar-refractivity contribution < 1.29 is 28.6 Å². The van der Waals surface area contributed by atoms with E-state index < -0.39 is 23.8 Å². The van der Waals surface area contributed by atoms with Crippen LogP contribution >= 0.6 is 0 Å². The molecule has 7 heteroatoms. The largest absolute Gasteiger partial charge is 0.454 e. The molecule has 0 aromatic carbocycles. The van der Waals surface area contributed by atoms with Crippen LogP contribution < -0.4 is 0 Å². The monoisotopic (exact) mass is 258 g/mol. The second kappa shape index (κ2) is 8.52. The van der Waals surface area contributed by atoms with E-state index in [0.717, 1.165) is 0 Å². The molecule has 0 saturated carbocycles. The number of ketones is 1. The fourth-order valence-corrected chi connectivity index (χ4v) is 1.43. The molecule has 0 aliphatic carbocycles. The minimum Gasteiger partial charge on any atom is -0.454 e. The second-order valence-corrected chi connectivity index (χ2v) is 3.76. The van der Waals surface area contributed by atoms with Gasteiger partial charge in [0, 0.05) is 14.2 Å². The molecule has 0 unspecified atom stereocenters. The van der Waals surface area contributed by atoms with Gasteiger partial charge in [0.2, 0.25) is 5.78 Å². The van der Waals surface area contributed by atoms with Crippen molar-refractivity contribution in [3.63, 3.8) is 0 Å². The average Bonchev–Trinajstić information content (AvgIpc) is 2.29. The molecule has 0 aromatic heterocycles. The molecule has 7 nitrogen and oxygen atoms in total. The summed E-state index contributed by atoms with van der Waals surface area (Å²) in [5, 5.41) is 0. The first kappa shape index (κ1) is 16.4. The summed E-state index contributed by atoms with van der Waals surface area (Å²) in [6, 6.07) is 0. The van der Waals surface area contributed by atoms with E-state index in [0.29, 0.717) is 12.6 Å². The van der Waals surface area contributed by atoms with E-state index in [-0.39, 0.29) is 13.2 Å². The number of carbonyl (C=O) groups excluding carboxylic acids is 2. The maximum Gasteiger partial charge on any atom is 0.323 e. The summed E-state index contributed by atoms with van der Waals surface area (Å²) in [6.45, 7) is 2.17. The predicted molar refractivity (Wildman–Crippen MR) is 62.2 cm³/mol. The van der Waals surface area contributed by atoms with Gasteiger partial charge in [-0.3, -0.25) is 9.59 Å². The number of nitrogens with zero attached hydrogens (tertiary/aromatic N) is 2. The Bertz CT molecular complexity index is 330. The first-order chi connectivity index (χ1) is 8.53. The quantitative estimate of drug-likeness (QED) is 0.194. The van der Waals surface area contributed by atoms with Gasteiger partial charge in [-0.1, -0.05) is 6.92 Å². The van der Waals surface area contributed by atoms with Crippen molar-refractivity contribution in [2.45, 2.75) is 25.4 Å². The van der Waals surface area contributed by atoms with Gasteiger partial charge >= 0.3 is 12.2 Å². The van der Waals surface area contributed by atoms with Crippen LogP contribution in [0, 0.1) is 0 Å². The molecule has 0 radical (unpaired) electrons. The van der Waals surface area contributed by atoms with Crippen LogP contribution in [-0.2, 0) is 23.8 Å². The van der Waals surface area contributed by atoms with E-state index in [9.17, 15) is 9.59 Å². The third kappa shape index (κ3) is 5.67. The number of hydrogen-bond donors (Lipinski definition) is 0. The lowest BCUT2D eigenvalue weighted by atomic mass is 10.0. The summed E-state index contributed by atoms with van der Waals surface area (Å²) >= 11 is 0. The minimum absolute atomic E-state index is 0.172. The molecule has 0 heterocycles. The molecule has 18 heavy (non-hydrogen) atoms. The summed E-state index contributed by atoms with van der Waals surface area (Å²) in [4.78, 5) is 25.2. The Morgan fingerprint density at radius 2 is 1.83 bits per heavy atom. The summed E-state index contributed by atoms with van der Waals surface area (Å²) in [6.07, 6.45) is 0.656. The molecule has 0 rings (SSSR count). The molecule has 0 aliphatic rings. The highest BCUT2D eigenvalue weighted by molar-refractivity contribution is 6.29. The zero-order valence-corrected chi connectivity index (χ0v) is 10.8. The highest BCUT2D eigenvalue weighted by atomic mass is 16.6. The standard InChI is InChI=1S/C11H18N2O5/c1-4-11(7-16-2,8-17-3)18-10(15)5-9(14)6-13-12/h6H,4-5,7-8H2,1-3H3. The summed E-state index contributed by atoms with van der Waals surface area (Å²) in [5.74, 6) is -1.35. The van der Waals surface area contributed by atoms with Crippen LogP contribution in [0.3, 0.4) is 0 Å². The second-order valence-electron chi connectivity index (χ2n) is 3.76. The van der Waals surface area contributed by atoms with E-state index in [2.05, 4.69) is 4.79 Å². The number of hydrogen-bond acceptors (Lipinski definition) is 5. The number of Topliss-reactive ketones (excluding diaryl/α,β-unsaturated/α-hetero) is 1. The van der Waals surface area contributed by atoms with E-state index >= 15 is 0 Å². The van der Waals surface area contributed by atoms with E-state index in [1.165, 1.54) is 14.2 Å². The molecule has 0 spiro atoms. The maximum atomic E-state index is 11.6. The normalized spacial score (nSPS) is 10.6. The molecular formula is C11H18N2O5. The van der Waals surface area contributed by atoms with Gasteiger partial charge in [-0.05, 0) is 6.42 Å². The Kier molecular flexibility index (Phi) is 7.78. The fraction of sp³-hybridized carbons (Fsp3) is 0.727. The van der Waals surface area contributed by atoms with E-state index in [4.69, 9.17) is 19.7 Å². The van der Waals surface area contributed by atoms with Crippen molar-refractivity contribution in [2.24, 2.45) is 0 Å². The lowest BCUT2D eigenvalue weighted by Gasteiger charge is -2.30. The number of esters is 1. The minimum atomic E-state index is -0.906. The van der Waals surface area contributed by atoms with Gasteiger partial charge in [0.05, 0.1) is 13.2 Å². The third-order valence-electron chi connectivity index (χ3n) is 2.31. The maximum absolute atomic E-state index is 11.6. The molecule has 0 amide bonds. The highest BCUT2D eigenvalue weighted by Gasteiger charge is 2.33. The van der Waals surface area contributed by atoms with Gasteiger partial charge in [0.15, 0.2) is 5.60 Å². The number of rotatable bonds is 9. The van der Waals surface area contributed by atoms with Crippen molar-refractivity contribution >= 4 is 18.0 Å². The topological polar surface area (TPSA) is 98.2 Å². The Hall–Kier alpha value is -1.56. The van der Waals surface area contributed by atoms with Crippen LogP contribution in [0.25, 0.3) is 5.53 Å².